The monoisotopic (exact) mass is 222 g/mol. The average Bonchev–Trinajstić information content (AvgIpc) is 2.15. The molecular weight excluding hydrogens is 207 g/mol. The van der Waals surface area contributed by atoms with Gasteiger partial charge in [0.2, 0.25) is 0 Å². The van der Waals surface area contributed by atoms with Crippen LogP contribution in [0.4, 0.5) is 4.39 Å². The zero-order valence-electron chi connectivity index (χ0n) is 9.24. The Hall–Kier alpha value is -1.38. The average molecular weight is 222 g/mol. The van der Waals surface area contributed by atoms with Crippen molar-refractivity contribution in [1.29, 1.82) is 0 Å². The molecule has 16 heavy (non-hydrogen) atoms. The lowest BCUT2D eigenvalue weighted by atomic mass is 9.58. The molecule has 1 fully saturated rings. The molecule has 1 saturated carbocycles. The van der Waals surface area contributed by atoms with E-state index in [4.69, 9.17) is 0 Å². The summed E-state index contributed by atoms with van der Waals surface area (Å²) < 4.78 is 13.5. The highest BCUT2D eigenvalue weighted by Crippen LogP contribution is 2.52. The van der Waals surface area contributed by atoms with Crippen molar-refractivity contribution in [3.05, 3.63) is 35.9 Å². The molecule has 1 aliphatic carbocycles. The summed E-state index contributed by atoms with van der Waals surface area (Å²) in [6.07, 6.45) is 0.650. The van der Waals surface area contributed by atoms with Crippen LogP contribution in [0.2, 0.25) is 0 Å². The van der Waals surface area contributed by atoms with Crippen LogP contribution in [0.25, 0.3) is 0 Å². The Bertz CT molecular complexity index is 390. The van der Waals surface area contributed by atoms with Gasteiger partial charge in [-0.3, -0.25) is 4.79 Å². The number of hydrogen-bond acceptors (Lipinski definition) is 1. The van der Waals surface area contributed by atoms with Crippen molar-refractivity contribution >= 4 is 5.97 Å². The minimum atomic E-state index is -1.31. The van der Waals surface area contributed by atoms with Crippen LogP contribution in [0.5, 0.6) is 0 Å². The molecule has 0 amide bonds. The standard InChI is InChI=1S/C13H15FO2/c1-12(14)8-13(9-12,11(15)16)7-10-5-3-2-4-6-10/h2-6H,7-9H2,1H3,(H,15,16). The third kappa shape index (κ3) is 1.94. The maximum atomic E-state index is 13.5. The van der Waals surface area contributed by atoms with Gasteiger partial charge in [0.25, 0.3) is 0 Å². The molecule has 2 rings (SSSR count). The first-order valence-corrected chi connectivity index (χ1v) is 5.40. The van der Waals surface area contributed by atoms with Crippen molar-refractivity contribution in [2.24, 2.45) is 5.41 Å². The topological polar surface area (TPSA) is 37.3 Å². The van der Waals surface area contributed by atoms with Gasteiger partial charge in [0, 0.05) is 0 Å². The molecule has 0 unspecified atom stereocenters. The Kier molecular flexibility index (Phi) is 2.49. The van der Waals surface area contributed by atoms with Gasteiger partial charge < -0.3 is 5.11 Å². The minimum absolute atomic E-state index is 0.115. The maximum absolute atomic E-state index is 13.5. The van der Waals surface area contributed by atoms with Gasteiger partial charge in [0.1, 0.15) is 5.67 Å². The lowest BCUT2D eigenvalue weighted by Crippen LogP contribution is -2.53. The summed E-state index contributed by atoms with van der Waals surface area (Å²) in [5, 5.41) is 9.21. The Labute approximate surface area is 94.1 Å². The summed E-state index contributed by atoms with van der Waals surface area (Å²) >= 11 is 0. The van der Waals surface area contributed by atoms with Crippen LogP contribution in [0.15, 0.2) is 30.3 Å². The highest BCUT2D eigenvalue weighted by atomic mass is 19.1. The number of hydrogen-bond donors (Lipinski definition) is 1. The molecule has 1 aromatic rings. The molecule has 86 valence electrons. The number of carbonyl (C=O) groups is 1. The van der Waals surface area contributed by atoms with Gasteiger partial charge in [-0.2, -0.15) is 0 Å². The van der Waals surface area contributed by atoms with Crippen LogP contribution in [-0.4, -0.2) is 16.7 Å². The molecule has 0 saturated heterocycles. The molecule has 2 nitrogen and oxygen atoms in total. The Balaban J connectivity index is 2.15. The fourth-order valence-electron chi connectivity index (χ4n) is 2.70. The molecule has 1 N–H and O–H groups in total. The first kappa shape index (κ1) is 11.1. The predicted octanol–water partition coefficient (Wildman–Crippen LogP) is 2.82. The van der Waals surface area contributed by atoms with E-state index in [1.54, 1.807) is 0 Å². The molecule has 0 aromatic heterocycles. The summed E-state index contributed by atoms with van der Waals surface area (Å²) in [7, 11) is 0. The molecular formula is C13H15FO2. The minimum Gasteiger partial charge on any atom is -0.481 e. The van der Waals surface area contributed by atoms with Crippen molar-refractivity contribution in [3.63, 3.8) is 0 Å². The summed E-state index contributed by atoms with van der Waals surface area (Å²) in [5.41, 5.74) is -1.25. The van der Waals surface area contributed by atoms with Crippen LogP contribution in [0.3, 0.4) is 0 Å². The molecule has 0 heterocycles. The van der Waals surface area contributed by atoms with Crippen molar-refractivity contribution in [2.75, 3.05) is 0 Å². The highest BCUT2D eigenvalue weighted by molar-refractivity contribution is 5.77. The van der Waals surface area contributed by atoms with Crippen LogP contribution in [0, 0.1) is 5.41 Å². The third-order valence-electron chi connectivity index (χ3n) is 3.25. The molecule has 0 atom stereocenters. The Morgan fingerprint density at radius 1 is 1.38 bits per heavy atom. The second-order valence-corrected chi connectivity index (χ2v) is 5.01. The van der Waals surface area contributed by atoms with Gasteiger partial charge >= 0.3 is 5.97 Å². The molecule has 0 radical (unpaired) electrons. The zero-order valence-corrected chi connectivity index (χ0v) is 9.24. The summed E-state index contributed by atoms with van der Waals surface area (Å²) in [4.78, 5) is 11.2. The van der Waals surface area contributed by atoms with Gasteiger partial charge in [0.15, 0.2) is 0 Å². The summed E-state index contributed by atoms with van der Waals surface area (Å²) in [6, 6.07) is 9.41. The quantitative estimate of drug-likeness (QED) is 0.853. The fourth-order valence-corrected chi connectivity index (χ4v) is 2.70. The van der Waals surface area contributed by atoms with E-state index in [1.807, 2.05) is 30.3 Å². The van der Waals surface area contributed by atoms with E-state index >= 15 is 0 Å². The van der Waals surface area contributed by atoms with E-state index in [1.165, 1.54) is 6.92 Å². The Morgan fingerprint density at radius 2 is 1.94 bits per heavy atom. The number of rotatable bonds is 3. The van der Waals surface area contributed by atoms with Crippen molar-refractivity contribution in [3.8, 4) is 0 Å². The van der Waals surface area contributed by atoms with E-state index in [0.717, 1.165) is 5.56 Å². The molecule has 0 spiro atoms. The summed E-state index contributed by atoms with van der Waals surface area (Å²) in [6.45, 7) is 1.47. The van der Waals surface area contributed by atoms with Crippen molar-refractivity contribution in [2.45, 2.75) is 31.9 Å². The van der Waals surface area contributed by atoms with Gasteiger partial charge in [-0.25, -0.2) is 4.39 Å². The number of benzene rings is 1. The smallest absolute Gasteiger partial charge is 0.310 e. The van der Waals surface area contributed by atoms with E-state index < -0.39 is 17.1 Å². The first-order valence-electron chi connectivity index (χ1n) is 5.40. The molecule has 0 aliphatic heterocycles. The molecule has 1 aliphatic rings. The van der Waals surface area contributed by atoms with Crippen LogP contribution >= 0.6 is 0 Å². The highest BCUT2D eigenvalue weighted by Gasteiger charge is 2.57. The van der Waals surface area contributed by atoms with E-state index in [9.17, 15) is 14.3 Å². The predicted molar refractivity (Wildman–Crippen MR) is 59.0 cm³/mol. The number of aliphatic carboxylic acids is 1. The Morgan fingerprint density at radius 3 is 2.38 bits per heavy atom. The lowest BCUT2D eigenvalue weighted by molar-refractivity contribution is -0.166. The van der Waals surface area contributed by atoms with Gasteiger partial charge in [0.05, 0.1) is 5.41 Å². The van der Waals surface area contributed by atoms with Gasteiger partial charge in [-0.1, -0.05) is 30.3 Å². The van der Waals surface area contributed by atoms with Crippen LogP contribution in [-0.2, 0) is 11.2 Å². The third-order valence-corrected chi connectivity index (χ3v) is 3.25. The van der Waals surface area contributed by atoms with Crippen LogP contribution < -0.4 is 0 Å². The van der Waals surface area contributed by atoms with E-state index in [0.29, 0.717) is 6.42 Å². The van der Waals surface area contributed by atoms with Crippen LogP contribution in [0.1, 0.15) is 25.3 Å². The number of carboxylic acid groups (broad SMARTS) is 1. The second-order valence-electron chi connectivity index (χ2n) is 5.01. The normalized spacial score (nSPS) is 33.1. The lowest BCUT2D eigenvalue weighted by Gasteiger charge is -2.47. The molecule has 3 heteroatoms. The van der Waals surface area contributed by atoms with E-state index in [-0.39, 0.29) is 12.8 Å². The second kappa shape index (κ2) is 3.58. The fraction of sp³-hybridized carbons (Fsp3) is 0.462. The van der Waals surface area contributed by atoms with Crippen molar-refractivity contribution < 1.29 is 14.3 Å². The van der Waals surface area contributed by atoms with Crippen molar-refractivity contribution in [1.82, 2.24) is 0 Å². The number of alkyl halides is 1. The molecule has 1 aromatic carbocycles. The number of carboxylic acids is 1. The number of halogens is 1. The van der Waals surface area contributed by atoms with Gasteiger partial charge in [-0.05, 0) is 31.7 Å². The zero-order chi connectivity index (χ0) is 11.8. The maximum Gasteiger partial charge on any atom is 0.310 e. The van der Waals surface area contributed by atoms with E-state index in [2.05, 4.69) is 0 Å². The SMILES string of the molecule is CC1(F)CC(Cc2ccccc2)(C(=O)O)C1. The largest absolute Gasteiger partial charge is 0.481 e. The summed E-state index contributed by atoms with van der Waals surface area (Å²) in [5.74, 6) is -0.883. The first-order chi connectivity index (χ1) is 7.44. The molecule has 0 bridgehead atoms. The van der Waals surface area contributed by atoms with Gasteiger partial charge in [-0.15, -0.1) is 0 Å².